The Morgan fingerprint density at radius 2 is 1.89 bits per heavy atom. The van der Waals surface area contributed by atoms with Gasteiger partial charge in [-0.3, -0.25) is 14.7 Å². The monoisotopic (exact) mass is 493 g/mol. The minimum Gasteiger partial charge on any atom is -0.359 e. The van der Waals surface area contributed by atoms with Crippen LogP contribution >= 0.6 is 24.0 Å². The summed E-state index contributed by atoms with van der Waals surface area (Å²) in [6, 6.07) is 1.17. The summed E-state index contributed by atoms with van der Waals surface area (Å²) in [6.45, 7) is 11.7. The Morgan fingerprint density at radius 3 is 2.48 bits per heavy atom. The van der Waals surface area contributed by atoms with Gasteiger partial charge in [-0.1, -0.05) is 6.42 Å². The van der Waals surface area contributed by atoms with Gasteiger partial charge in [0.05, 0.1) is 6.54 Å². The van der Waals surface area contributed by atoms with Crippen molar-refractivity contribution < 1.29 is 4.79 Å². The molecule has 0 spiro atoms. The first-order valence-corrected chi connectivity index (χ1v) is 10.5. The molecule has 0 aliphatic carbocycles. The second-order valence-electron chi connectivity index (χ2n) is 7.93. The van der Waals surface area contributed by atoms with Crippen molar-refractivity contribution in [2.75, 3.05) is 39.8 Å². The summed E-state index contributed by atoms with van der Waals surface area (Å²) < 4.78 is 0. The fraction of sp³-hybridized carbons (Fsp3) is 0.900. The average molecular weight is 493 g/mol. The third-order valence-corrected chi connectivity index (χ3v) is 5.93. The maximum atomic E-state index is 11.6. The van der Waals surface area contributed by atoms with E-state index >= 15 is 0 Å². The van der Waals surface area contributed by atoms with Crippen LogP contribution in [0.1, 0.15) is 59.3 Å². The number of carbonyl (C=O) groups is 1. The molecule has 2 fully saturated rings. The highest BCUT2D eigenvalue weighted by atomic mass is 127. The number of aliphatic imine (C=N–C) groups is 1. The second kappa shape index (κ2) is 12.8. The van der Waals surface area contributed by atoms with Crippen LogP contribution in [0.5, 0.6) is 0 Å². The first kappa shape index (κ1) is 24.5. The molecule has 2 aliphatic rings. The largest absolute Gasteiger partial charge is 0.359 e. The SMILES string of the molecule is CCNC(=NCC(C)N1CCCCC1C)N1CCC(CC(=O)NC)CC1.I. The number of nitrogens with zero attached hydrogens (tertiary/aromatic N) is 3. The van der Waals surface area contributed by atoms with Crippen molar-refractivity contribution in [3.05, 3.63) is 0 Å². The van der Waals surface area contributed by atoms with Crippen molar-refractivity contribution in [1.82, 2.24) is 20.4 Å². The maximum Gasteiger partial charge on any atom is 0.220 e. The summed E-state index contributed by atoms with van der Waals surface area (Å²) in [5.74, 6) is 1.71. The molecular formula is C20H40IN5O. The van der Waals surface area contributed by atoms with Crippen molar-refractivity contribution in [3.8, 4) is 0 Å². The van der Waals surface area contributed by atoms with Gasteiger partial charge >= 0.3 is 0 Å². The first-order chi connectivity index (χ1) is 12.5. The molecule has 1 amide bonds. The molecule has 0 radical (unpaired) electrons. The average Bonchev–Trinajstić information content (AvgIpc) is 2.66. The molecule has 2 saturated heterocycles. The predicted octanol–water partition coefficient (Wildman–Crippen LogP) is 2.68. The van der Waals surface area contributed by atoms with Crippen LogP contribution in [0.3, 0.4) is 0 Å². The smallest absolute Gasteiger partial charge is 0.220 e. The molecule has 2 atom stereocenters. The Labute approximate surface area is 182 Å². The molecule has 0 bridgehead atoms. The highest BCUT2D eigenvalue weighted by Gasteiger charge is 2.25. The summed E-state index contributed by atoms with van der Waals surface area (Å²) in [7, 11) is 1.72. The van der Waals surface area contributed by atoms with Gasteiger partial charge < -0.3 is 15.5 Å². The Kier molecular flexibility index (Phi) is 11.6. The second-order valence-corrected chi connectivity index (χ2v) is 7.93. The van der Waals surface area contributed by atoms with Gasteiger partial charge in [0.15, 0.2) is 5.96 Å². The molecule has 0 aromatic carbocycles. The molecule has 158 valence electrons. The van der Waals surface area contributed by atoms with E-state index in [9.17, 15) is 4.79 Å². The lowest BCUT2D eigenvalue weighted by Crippen LogP contribution is -2.48. The standard InChI is InChI=1S/C20H39N5O.HI/c1-5-22-20(23-15-17(3)25-11-7-6-8-16(25)2)24-12-9-18(10-13-24)14-19(26)21-4;/h16-18H,5-15H2,1-4H3,(H,21,26)(H,22,23);1H. The molecule has 2 rings (SSSR count). The van der Waals surface area contributed by atoms with E-state index in [1.165, 1.54) is 25.8 Å². The normalized spacial score (nSPS) is 23.5. The molecule has 0 aromatic heterocycles. The molecular weight excluding hydrogens is 453 g/mol. The van der Waals surface area contributed by atoms with Gasteiger partial charge in [-0.15, -0.1) is 24.0 Å². The van der Waals surface area contributed by atoms with E-state index in [4.69, 9.17) is 4.99 Å². The number of piperidine rings is 2. The minimum absolute atomic E-state index is 0. The molecule has 2 aliphatic heterocycles. The number of hydrogen-bond donors (Lipinski definition) is 2. The Balaban J connectivity index is 0.00000364. The van der Waals surface area contributed by atoms with E-state index in [2.05, 4.69) is 41.2 Å². The van der Waals surface area contributed by atoms with Gasteiger partial charge in [-0.25, -0.2) is 0 Å². The first-order valence-electron chi connectivity index (χ1n) is 10.5. The zero-order valence-electron chi connectivity index (χ0n) is 17.7. The lowest BCUT2D eigenvalue weighted by Gasteiger charge is -2.38. The number of amides is 1. The molecule has 2 heterocycles. The third-order valence-electron chi connectivity index (χ3n) is 5.93. The van der Waals surface area contributed by atoms with Crippen LogP contribution in [0.15, 0.2) is 4.99 Å². The van der Waals surface area contributed by atoms with E-state index < -0.39 is 0 Å². The van der Waals surface area contributed by atoms with Crippen LogP contribution in [0.4, 0.5) is 0 Å². The van der Waals surface area contributed by atoms with Crippen LogP contribution in [-0.4, -0.2) is 73.5 Å². The Bertz CT molecular complexity index is 465. The number of rotatable bonds is 6. The zero-order chi connectivity index (χ0) is 18.9. The highest BCUT2D eigenvalue weighted by Crippen LogP contribution is 2.21. The van der Waals surface area contributed by atoms with Crippen LogP contribution in [-0.2, 0) is 4.79 Å². The highest BCUT2D eigenvalue weighted by molar-refractivity contribution is 14.0. The van der Waals surface area contributed by atoms with Gasteiger partial charge in [0.25, 0.3) is 0 Å². The van der Waals surface area contributed by atoms with Crippen molar-refractivity contribution in [2.45, 2.75) is 71.4 Å². The molecule has 2 N–H and O–H groups in total. The predicted molar refractivity (Wildman–Crippen MR) is 124 cm³/mol. The molecule has 0 saturated carbocycles. The van der Waals surface area contributed by atoms with Crippen LogP contribution in [0.2, 0.25) is 0 Å². The van der Waals surface area contributed by atoms with E-state index in [-0.39, 0.29) is 29.9 Å². The Hall–Kier alpha value is -0.570. The topological polar surface area (TPSA) is 60.0 Å². The van der Waals surface area contributed by atoms with Gasteiger partial charge in [-0.2, -0.15) is 0 Å². The summed E-state index contributed by atoms with van der Waals surface area (Å²) >= 11 is 0. The van der Waals surface area contributed by atoms with Crippen molar-refractivity contribution in [2.24, 2.45) is 10.9 Å². The molecule has 2 unspecified atom stereocenters. The minimum atomic E-state index is 0. The van der Waals surface area contributed by atoms with Crippen LogP contribution in [0.25, 0.3) is 0 Å². The third kappa shape index (κ3) is 7.75. The molecule has 6 nitrogen and oxygen atoms in total. The fourth-order valence-corrected chi connectivity index (χ4v) is 4.24. The van der Waals surface area contributed by atoms with Gasteiger partial charge in [0.2, 0.25) is 5.91 Å². The zero-order valence-corrected chi connectivity index (χ0v) is 20.0. The quantitative estimate of drug-likeness (QED) is 0.340. The summed E-state index contributed by atoms with van der Waals surface area (Å²) in [5, 5.41) is 6.21. The number of guanidine groups is 1. The van der Waals surface area contributed by atoms with Crippen molar-refractivity contribution >= 4 is 35.8 Å². The number of hydrogen-bond acceptors (Lipinski definition) is 3. The van der Waals surface area contributed by atoms with E-state index in [0.29, 0.717) is 24.4 Å². The van der Waals surface area contributed by atoms with Gasteiger partial charge in [0, 0.05) is 45.2 Å². The molecule has 0 aromatic rings. The van der Waals surface area contributed by atoms with Crippen molar-refractivity contribution in [1.29, 1.82) is 0 Å². The summed E-state index contributed by atoms with van der Waals surface area (Å²) in [4.78, 5) is 21.5. The van der Waals surface area contributed by atoms with Gasteiger partial charge in [-0.05, 0) is 58.9 Å². The van der Waals surface area contributed by atoms with E-state index in [1.807, 2.05) is 0 Å². The number of halogens is 1. The maximum absolute atomic E-state index is 11.6. The molecule has 27 heavy (non-hydrogen) atoms. The lowest BCUT2D eigenvalue weighted by atomic mass is 9.93. The van der Waals surface area contributed by atoms with E-state index in [1.54, 1.807) is 7.05 Å². The van der Waals surface area contributed by atoms with E-state index in [0.717, 1.165) is 45.0 Å². The number of likely N-dealkylation sites (tertiary alicyclic amines) is 2. The Morgan fingerprint density at radius 1 is 1.19 bits per heavy atom. The fourth-order valence-electron chi connectivity index (χ4n) is 4.24. The van der Waals surface area contributed by atoms with Crippen LogP contribution < -0.4 is 10.6 Å². The lowest BCUT2D eigenvalue weighted by molar-refractivity contribution is -0.121. The number of carbonyl (C=O) groups excluding carboxylic acids is 1. The van der Waals surface area contributed by atoms with Crippen LogP contribution in [0, 0.1) is 5.92 Å². The summed E-state index contributed by atoms with van der Waals surface area (Å²) in [6.07, 6.45) is 6.78. The summed E-state index contributed by atoms with van der Waals surface area (Å²) in [5.41, 5.74) is 0. The molecule has 7 heteroatoms. The van der Waals surface area contributed by atoms with Crippen molar-refractivity contribution in [3.63, 3.8) is 0 Å². The number of nitrogens with one attached hydrogen (secondary N) is 2. The van der Waals surface area contributed by atoms with Gasteiger partial charge in [0.1, 0.15) is 0 Å².